The molecule has 31 heavy (non-hydrogen) atoms. The van der Waals surface area contributed by atoms with E-state index >= 15 is 0 Å². The second-order valence-corrected chi connectivity index (χ2v) is 9.73. The number of carbonyl (C=O) groups excluding carboxylic acids is 2. The number of rotatable bonds is 7. The lowest BCUT2D eigenvalue weighted by Crippen LogP contribution is -2.55. The van der Waals surface area contributed by atoms with Crippen molar-refractivity contribution in [3.8, 4) is 0 Å². The quantitative estimate of drug-likeness (QED) is 0.624. The van der Waals surface area contributed by atoms with Crippen LogP contribution < -0.4 is 5.73 Å². The van der Waals surface area contributed by atoms with Gasteiger partial charge < -0.3 is 20.5 Å². The minimum Gasteiger partial charge on any atom is -0.480 e. The molecule has 2 rings (SSSR count). The number of aliphatic carboxylic acids is 1. The summed E-state index contributed by atoms with van der Waals surface area (Å²) in [7, 11) is 0. The standard InChI is InChI=1S/C19H32N2O5.C4H11N/c1-4-6-11-20(19(25)26-5-2)13(3)17(22)21-15-10-8-7-9-14(15)12-16(21)18(23)24;1-4(2,3)5/h13-16H,4-12H2,1-3H3,(H,23,24);5H2,1-3H3/t13-,14-,15-,16-;/m0./s1. The summed E-state index contributed by atoms with van der Waals surface area (Å²) >= 11 is 0. The highest BCUT2D eigenvalue weighted by Gasteiger charge is 2.49. The van der Waals surface area contributed by atoms with Gasteiger partial charge >= 0.3 is 12.1 Å². The van der Waals surface area contributed by atoms with Crippen LogP contribution in [-0.4, -0.2) is 69.7 Å². The van der Waals surface area contributed by atoms with Crippen LogP contribution in [0, 0.1) is 5.92 Å². The number of hydrogen-bond donors (Lipinski definition) is 2. The van der Waals surface area contributed by atoms with Crippen LogP contribution in [0.25, 0.3) is 0 Å². The Bertz CT molecular complexity index is 599. The molecule has 180 valence electrons. The molecule has 1 aliphatic carbocycles. The van der Waals surface area contributed by atoms with Gasteiger partial charge in [-0.05, 0) is 66.2 Å². The normalized spacial score (nSPS) is 23.8. The number of carbonyl (C=O) groups is 3. The predicted octanol–water partition coefficient (Wildman–Crippen LogP) is 3.62. The van der Waals surface area contributed by atoms with Crippen LogP contribution in [0.4, 0.5) is 4.79 Å². The third-order valence-corrected chi connectivity index (χ3v) is 5.71. The van der Waals surface area contributed by atoms with E-state index in [2.05, 4.69) is 0 Å². The van der Waals surface area contributed by atoms with Gasteiger partial charge in [-0.3, -0.25) is 9.69 Å². The Morgan fingerprint density at radius 1 is 1.19 bits per heavy atom. The molecule has 1 heterocycles. The van der Waals surface area contributed by atoms with Gasteiger partial charge in [-0.15, -0.1) is 0 Å². The average molecular weight is 442 g/mol. The van der Waals surface area contributed by atoms with Crippen molar-refractivity contribution in [2.75, 3.05) is 13.2 Å². The maximum atomic E-state index is 13.2. The second kappa shape index (κ2) is 12.3. The summed E-state index contributed by atoms with van der Waals surface area (Å²) in [4.78, 5) is 40.3. The van der Waals surface area contributed by atoms with E-state index in [-0.39, 0.29) is 30.0 Å². The first-order chi connectivity index (χ1) is 14.4. The van der Waals surface area contributed by atoms with Gasteiger partial charge in [-0.2, -0.15) is 0 Å². The molecular formula is C23H43N3O5. The van der Waals surface area contributed by atoms with Gasteiger partial charge in [0.25, 0.3) is 0 Å². The molecule has 0 bridgehead atoms. The molecule has 1 saturated carbocycles. The van der Waals surface area contributed by atoms with Gasteiger partial charge in [0, 0.05) is 18.1 Å². The second-order valence-electron chi connectivity index (χ2n) is 9.73. The number of unbranched alkanes of at least 4 members (excludes halogenated alkanes) is 1. The molecule has 8 nitrogen and oxygen atoms in total. The fourth-order valence-electron chi connectivity index (χ4n) is 4.32. The first kappa shape index (κ1) is 27.2. The SMILES string of the molecule is CC(C)(C)N.CCCCN(C(=O)OCC)[C@@H](C)C(=O)N1[C@H](C(=O)O)C[C@@H]2CCCC[C@@H]21. The molecule has 4 atom stereocenters. The highest BCUT2D eigenvalue weighted by Crippen LogP contribution is 2.40. The number of nitrogens with zero attached hydrogens (tertiary/aromatic N) is 2. The Morgan fingerprint density at radius 3 is 2.29 bits per heavy atom. The molecule has 1 aliphatic heterocycles. The fraction of sp³-hybridized carbons (Fsp3) is 0.870. The first-order valence-electron chi connectivity index (χ1n) is 11.7. The number of nitrogens with two attached hydrogens (primary N) is 1. The molecular weight excluding hydrogens is 398 g/mol. The molecule has 0 aromatic rings. The summed E-state index contributed by atoms with van der Waals surface area (Å²) in [5.41, 5.74) is 5.35. The van der Waals surface area contributed by atoms with Crippen LogP contribution in [0.3, 0.4) is 0 Å². The van der Waals surface area contributed by atoms with Crippen molar-refractivity contribution in [2.45, 2.75) is 110 Å². The Labute approximate surface area is 187 Å². The number of hydrogen-bond acceptors (Lipinski definition) is 5. The molecule has 2 amide bonds. The summed E-state index contributed by atoms with van der Waals surface area (Å²) in [5, 5.41) is 9.64. The smallest absolute Gasteiger partial charge is 0.410 e. The molecule has 1 saturated heterocycles. The molecule has 0 spiro atoms. The summed E-state index contributed by atoms with van der Waals surface area (Å²) < 4.78 is 5.12. The zero-order valence-corrected chi connectivity index (χ0v) is 20.2. The van der Waals surface area contributed by atoms with Crippen LogP contribution in [-0.2, 0) is 14.3 Å². The Balaban J connectivity index is 0.000000861. The molecule has 8 heteroatoms. The highest BCUT2D eigenvalue weighted by atomic mass is 16.6. The third-order valence-electron chi connectivity index (χ3n) is 5.71. The van der Waals surface area contributed by atoms with Crippen molar-refractivity contribution in [1.29, 1.82) is 0 Å². The van der Waals surface area contributed by atoms with Gasteiger partial charge in [-0.25, -0.2) is 9.59 Å². The molecule has 0 unspecified atom stereocenters. The Morgan fingerprint density at radius 2 is 1.77 bits per heavy atom. The van der Waals surface area contributed by atoms with Crippen molar-refractivity contribution < 1.29 is 24.2 Å². The minimum absolute atomic E-state index is 0. The maximum absolute atomic E-state index is 13.2. The molecule has 0 aromatic heterocycles. The lowest BCUT2D eigenvalue weighted by Gasteiger charge is -2.37. The van der Waals surface area contributed by atoms with Crippen molar-refractivity contribution >= 4 is 18.0 Å². The van der Waals surface area contributed by atoms with E-state index < -0.39 is 24.1 Å². The minimum atomic E-state index is -0.948. The molecule has 0 radical (unpaired) electrons. The number of ether oxygens (including phenoxy) is 1. The zero-order valence-electron chi connectivity index (χ0n) is 20.2. The lowest BCUT2D eigenvalue weighted by atomic mass is 9.84. The maximum Gasteiger partial charge on any atom is 0.410 e. The van der Waals surface area contributed by atoms with Crippen LogP contribution in [0.5, 0.6) is 0 Å². The fourth-order valence-corrected chi connectivity index (χ4v) is 4.32. The van der Waals surface area contributed by atoms with Crippen LogP contribution in [0.2, 0.25) is 0 Å². The monoisotopic (exact) mass is 441 g/mol. The largest absolute Gasteiger partial charge is 0.480 e. The van der Waals surface area contributed by atoms with Crippen LogP contribution in [0.15, 0.2) is 0 Å². The molecule has 2 aliphatic rings. The Kier molecular flexibility index (Phi) is 10.8. The van der Waals surface area contributed by atoms with Crippen molar-refractivity contribution in [2.24, 2.45) is 11.7 Å². The predicted molar refractivity (Wildman–Crippen MR) is 121 cm³/mol. The van der Waals surface area contributed by atoms with Crippen LogP contribution >= 0.6 is 0 Å². The van der Waals surface area contributed by atoms with Crippen molar-refractivity contribution in [3.63, 3.8) is 0 Å². The topological polar surface area (TPSA) is 113 Å². The Hall–Kier alpha value is -1.83. The summed E-state index contributed by atoms with van der Waals surface area (Å²) in [6.07, 6.45) is 5.61. The average Bonchev–Trinajstić information content (AvgIpc) is 3.06. The lowest BCUT2D eigenvalue weighted by molar-refractivity contribution is -0.152. The van der Waals surface area contributed by atoms with Gasteiger partial charge in [0.15, 0.2) is 0 Å². The number of likely N-dealkylation sites (tertiary alicyclic amines) is 1. The molecule has 3 N–H and O–H groups in total. The van der Waals surface area contributed by atoms with Gasteiger partial charge in [-0.1, -0.05) is 26.2 Å². The van der Waals surface area contributed by atoms with E-state index in [1.807, 2.05) is 27.7 Å². The molecule has 2 fully saturated rings. The van der Waals surface area contributed by atoms with E-state index in [9.17, 15) is 19.5 Å². The zero-order chi connectivity index (χ0) is 23.8. The highest BCUT2D eigenvalue weighted by molar-refractivity contribution is 5.90. The van der Waals surface area contributed by atoms with Crippen molar-refractivity contribution in [3.05, 3.63) is 0 Å². The van der Waals surface area contributed by atoms with Crippen molar-refractivity contribution in [1.82, 2.24) is 9.80 Å². The van der Waals surface area contributed by atoms with E-state index in [0.717, 1.165) is 38.5 Å². The summed E-state index contributed by atoms with van der Waals surface area (Å²) in [6.45, 7) is 12.0. The first-order valence-corrected chi connectivity index (χ1v) is 11.7. The van der Waals surface area contributed by atoms with E-state index in [0.29, 0.717) is 13.0 Å². The number of carboxylic acid groups (broad SMARTS) is 1. The molecule has 0 aromatic carbocycles. The summed E-state index contributed by atoms with van der Waals surface area (Å²) in [5.74, 6) is -0.958. The number of amides is 2. The van der Waals surface area contributed by atoms with Gasteiger partial charge in [0.05, 0.1) is 6.61 Å². The number of fused-ring (bicyclic) bond motifs is 1. The van der Waals surface area contributed by atoms with Gasteiger partial charge in [0.2, 0.25) is 5.91 Å². The number of carboxylic acids is 1. The van der Waals surface area contributed by atoms with E-state index in [1.165, 1.54) is 4.90 Å². The third kappa shape index (κ3) is 8.31. The van der Waals surface area contributed by atoms with E-state index in [4.69, 9.17) is 10.5 Å². The van der Waals surface area contributed by atoms with Gasteiger partial charge in [0.1, 0.15) is 12.1 Å². The van der Waals surface area contributed by atoms with E-state index in [1.54, 1.807) is 18.7 Å². The van der Waals surface area contributed by atoms with Crippen LogP contribution in [0.1, 0.15) is 86.5 Å². The summed E-state index contributed by atoms with van der Waals surface area (Å²) in [6, 6.07) is -1.52.